The summed E-state index contributed by atoms with van der Waals surface area (Å²) >= 11 is 14.3. The van der Waals surface area contributed by atoms with Crippen molar-refractivity contribution < 1.29 is 26.9 Å². The summed E-state index contributed by atoms with van der Waals surface area (Å²) in [5.41, 5.74) is 6.92. The summed E-state index contributed by atoms with van der Waals surface area (Å²) in [6.07, 6.45) is 4.68. The van der Waals surface area contributed by atoms with Crippen LogP contribution in [0.5, 0.6) is 0 Å². The van der Waals surface area contributed by atoms with Crippen molar-refractivity contribution in [2.75, 3.05) is 10.8 Å². The number of hydrogen-bond acceptors (Lipinski definition) is 8. The van der Waals surface area contributed by atoms with Crippen LogP contribution in [0.1, 0.15) is 66.1 Å². The number of hydrogen-bond donors (Lipinski definition) is 1. The van der Waals surface area contributed by atoms with Gasteiger partial charge < -0.3 is 15.0 Å². The number of likely N-dealkylation sites (tertiary alicyclic amines) is 1. The van der Waals surface area contributed by atoms with Gasteiger partial charge in [-0.1, -0.05) is 46.2 Å². The largest absolute Gasteiger partial charge is 0.373 e. The van der Waals surface area contributed by atoms with Crippen molar-refractivity contribution in [3.63, 3.8) is 0 Å². The van der Waals surface area contributed by atoms with E-state index in [4.69, 9.17) is 38.2 Å². The molecule has 1 saturated heterocycles. The topological polar surface area (TPSA) is 119 Å². The summed E-state index contributed by atoms with van der Waals surface area (Å²) < 4.78 is 56.4. The number of ether oxygens (including phenoxy) is 1. The lowest BCUT2D eigenvalue weighted by molar-refractivity contribution is -0.0117. The van der Waals surface area contributed by atoms with Gasteiger partial charge in [0.2, 0.25) is 15.9 Å². The van der Waals surface area contributed by atoms with Crippen molar-refractivity contribution in [2.45, 2.75) is 78.8 Å². The molecule has 3 saturated carbocycles. The molecule has 2 aliphatic heterocycles. The second kappa shape index (κ2) is 10.6. The maximum absolute atomic E-state index is 15.4. The number of rotatable bonds is 9. The molecule has 9 nitrogen and oxygen atoms in total. The average Bonchev–Trinajstić information content (AvgIpc) is 3.86. The molecule has 4 fully saturated rings. The Morgan fingerprint density at radius 3 is 2.55 bits per heavy atom. The van der Waals surface area contributed by atoms with Crippen LogP contribution in [0.15, 0.2) is 39.8 Å². The van der Waals surface area contributed by atoms with E-state index in [2.05, 4.69) is 10.1 Å². The number of primary amides is 1. The lowest BCUT2D eigenvalue weighted by Crippen LogP contribution is -2.52. The van der Waals surface area contributed by atoms with Crippen molar-refractivity contribution in [3.05, 3.63) is 63.1 Å². The lowest BCUT2D eigenvalue weighted by atomic mass is 10.0. The van der Waals surface area contributed by atoms with Crippen LogP contribution in [0.4, 0.5) is 10.1 Å². The highest BCUT2D eigenvalue weighted by Gasteiger charge is 2.55. The van der Waals surface area contributed by atoms with Gasteiger partial charge >= 0.3 is 0 Å². The molecule has 3 heterocycles. The fourth-order valence-electron chi connectivity index (χ4n) is 6.93. The highest BCUT2D eigenvalue weighted by atomic mass is 35.5. The number of carbonyl (C=O) groups excluding carboxylic acids is 1. The van der Waals surface area contributed by atoms with Gasteiger partial charge in [-0.25, -0.2) is 17.1 Å². The molecule has 3 aliphatic carbocycles. The SMILES string of the molecule is NC(=O)c1cc(F)c2c(c1)SC(N1C[C@@H]3C[C@H]1C[C@H]3OCc1c(-c3c(Cl)cccc3Cl)noc1C1CC1)N2S(=O)(=O)C1CC1. The average molecular weight is 680 g/mol. The Hall–Kier alpha value is -2.35. The van der Waals surface area contributed by atoms with Crippen LogP contribution >= 0.6 is 35.0 Å². The summed E-state index contributed by atoms with van der Waals surface area (Å²) in [5.74, 6) is -0.222. The highest BCUT2D eigenvalue weighted by Crippen LogP contribution is 2.54. The molecule has 44 heavy (non-hydrogen) atoms. The number of aromatic nitrogens is 1. The van der Waals surface area contributed by atoms with Gasteiger partial charge in [0.1, 0.15) is 28.5 Å². The number of halogens is 3. The highest BCUT2D eigenvalue weighted by molar-refractivity contribution is 8.02. The molecule has 232 valence electrons. The third kappa shape index (κ3) is 4.75. The number of thioether (sulfide) groups is 1. The zero-order valence-electron chi connectivity index (χ0n) is 23.4. The first-order chi connectivity index (χ1) is 21.1. The maximum Gasteiger partial charge on any atom is 0.248 e. The van der Waals surface area contributed by atoms with E-state index in [1.165, 1.54) is 22.1 Å². The Morgan fingerprint density at radius 1 is 1.16 bits per heavy atom. The van der Waals surface area contributed by atoms with Crippen molar-refractivity contribution in [3.8, 4) is 11.3 Å². The number of benzene rings is 2. The number of nitrogens with zero attached hydrogens (tertiary/aromatic N) is 3. The van der Waals surface area contributed by atoms with E-state index in [1.807, 2.05) is 0 Å². The number of anilines is 1. The zero-order chi connectivity index (χ0) is 30.5. The third-order valence-electron chi connectivity index (χ3n) is 9.40. The van der Waals surface area contributed by atoms with E-state index in [0.717, 1.165) is 36.7 Å². The van der Waals surface area contributed by atoms with Crippen LogP contribution in [0, 0.1) is 11.7 Å². The predicted molar refractivity (Wildman–Crippen MR) is 165 cm³/mol. The molecule has 0 radical (unpaired) electrons. The summed E-state index contributed by atoms with van der Waals surface area (Å²) in [7, 11) is -3.79. The van der Waals surface area contributed by atoms with E-state index in [0.29, 0.717) is 64.5 Å². The second-order valence-electron chi connectivity index (χ2n) is 12.3. The van der Waals surface area contributed by atoms with Crippen LogP contribution in [-0.2, 0) is 21.4 Å². The summed E-state index contributed by atoms with van der Waals surface area (Å²) in [6, 6.07) is 7.92. The Balaban J connectivity index is 1.03. The number of carbonyl (C=O) groups is 1. The molecule has 1 unspecified atom stereocenters. The quantitative estimate of drug-likeness (QED) is 0.287. The van der Waals surface area contributed by atoms with E-state index < -0.39 is 32.5 Å². The van der Waals surface area contributed by atoms with E-state index in [1.54, 1.807) is 18.2 Å². The van der Waals surface area contributed by atoms with E-state index in [-0.39, 0.29) is 29.3 Å². The third-order valence-corrected chi connectivity index (χ3v) is 13.7. The number of fused-ring (bicyclic) bond motifs is 3. The first-order valence-electron chi connectivity index (χ1n) is 14.7. The fraction of sp³-hybridized carbons (Fsp3) is 0.467. The summed E-state index contributed by atoms with van der Waals surface area (Å²) in [5, 5.41) is 4.83. The van der Waals surface area contributed by atoms with Crippen molar-refractivity contribution in [2.24, 2.45) is 11.7 Å². The minimum absolute atomic E-state index is 0.0123. The van der Waals surface area contributed by atoms with Gasteiger partial charge in [-0.2, -0.15) is 0 Å². The zero-order valence-corrected chi connectivity index (χ0v) is 26.6. The molecular formula is C30H29Cl2FN4O5S2. The van der Waals surface area contributed by atoms with Crippen molar-refractivity contribution in [1.82, 2.24) is 10.1 Å². The lowest BCUT2D eigenvalue weighted by Gasteiger charge is -2.39. The van der Waals surface area contributed by atoms with Gasteiger partial charge in [0, 0.05) is 40.1 Å². The summed E-state index contributed by atoms with van der Waals surface area (Å²) in [4.78, 5) is 14.4. The first-order valence-corrected chi connectivity index (χ1v) is 17.9. The first kappa shape index (κ1) is 29.1. The molecule has 14 heteroatoms. The predicted octanol–water partition coefficient (Wildman–Crippen LogP) is 6.13. The van der Waals surface area contributed by atoms with Gasteiger partial charge in [0.15, 0.2) is 0 Å². The Bertz CT molecular complexity index is 1780. The molecule has 0 spiro atoms. The van der Waals surface area contributed by atoms with Gasteiger partial charge in [-0.05, 0) is 68.7 Å². The molecule has 2 aromatic carbocycles. The minimum Gasteiger partial charge on any atom is -0.373 e. The van der Waals surface area contributed by atoms with Crippen LogP contribution in [0.25, 0.3) is 11.3 Å². The van der Waals surface area contributed by atoms with Gasteiger partial charge in [-0.3, -0.25) is 9.69 Å². The van der Waals surface area contributed by atoms with Crippen LogP contribution < -0.4 is 10.0 Å². The van der Waals surface area contributed by atoms with Gasteiger partial charge in [0.25, 0.3) is 0 Å². The molecule has 1 aromatic heterocycles. The maximum atomic E-state index is 15.4. The molecule has 8 rings (SSSR count). The number of sulfonamides is 1. The Morgan fingerprint density at radius 2 is 1.91 bits per heavy atom. The fourth-order valence-corrected chi connectivity index (χ4v) is 11.2. The van der Waals surface area contributed by atoms with E-state index in [9.17, 15) is 13.2 Å². The van der Waals surface area contributed by atoms with Crippen molar-refractivity contribution >= 4 is 56.6 Å². The molecule has 1 amide bonds. The minimum atomic E-state index is -3.79. The number of amides is 1. The van der Waals surface area contributed by atoms with Gasteiger partial charge in [-0.15, -0.1) is 0 Å². The van der Waals surface area contributed by atoms with Gasteiger partial charge in [0.05, 0.1) is 28.0 Å². The van der Waals surface area contributed by atoms with Crippen LogP contribution in [0.3, 0.4) is 0 Å². The van der Waals surface area contributed by atoms with Crippen LogP contribution in [-0.4, -0.2) is 53.8 Å². The summed E-state index contributed by atoms with van der Waals surface area (Å²) in [6.45, 7) is 0.900. The standard InChI is InChI=1S/C30H29Cl2FN4O5S2/c31-20-2-1-3-21(32)25(20)26-19(28(42-35-26)14-4-5-14)13-41-23-11-17-8-16(23)12-36(17)30-37(44(39,40)18-6-7-18)27-22(33)9-15(29(34)38)10-24(27)43-30/h1-3,9-10,14,16-18,23,30H,4-8,11-13H2,(H2,34,38)/t16-,17-,23+,30?/m0/s1. The molecule has 5 aliphatic rings. The monoisotopic (exact) mass is 678 g/mol. The number of nitrogens with two attached hydrogens (primary N) is 1. The van der Waals surface area contributed by atoms with Crippen LogP contribution in [0.2, 0.25) is 10.0 Å². The Kier molecular flexibility index (Phi) is 7.00. The second-order valence-corrected chi connectivity index (χ2v) is 16.3. The smallest absolute Gasteiger partial charge is 0.248 e. The normalized spacial score (nSPS) is 26.5. The molecular weight excluding hydrogens is 650 g/mol. The number of piperidine rings is 1. The Labute approximate surface area is 268 Å². The molecule has 3 aromatic rings. The molecule has 2 N–H and O–H groups in total. The molecule has 2 bridgehead atoms. The molecule has 4 atom stereocenters. The van der Waals surface area contributed by atoms with E-state index >= 15 is 4.39 Å². The van der Waals surface area contributed by atoms with Crippen molar-refractivity contribution in [1.29, 1.82) is 0 Å².